The maximum Gasteiger partial charge on any atom is 0.251 e. The summed E-state index contributed by atoms with van der Waals surface area (Å²) in [6.07, 6.45) is 5.93. The van der Waals surface area contributed by atoms with Crippen LogP contribution in [0.4, 0.5) is 0 Å². The first-order chi connectivity index (χ1) is 10.2. The average molecular weight is 310 g/mol. The smallest absolute Gasteiger partial charge is 0.251 e. The summed E-state index contributed by atoms with van der Waals surface area (Å²) in [5, 5.41) is 3.05. The maximum atomic E-state index is 12.2. The number of alkyl halides is 1. The van der Waals surface area contributed by atoms with E-state index in [2.05, 4.69) is 5.32 Å². The summed E-state index contributed by atoms with van der Waals surface area (Å²) in [6, 6.07) is 7.26. The Labute approximate surface area is 132 Å². The minimum absolute atomic E-state index is 0.0342. The Morgan fingerprint density at radius 1 is 1.24 bits per heavy atom. The van der Waals surface area contributed by atoms with Gasteiger partial charge in [0.2, 0.25) is 0 Å². The number of benzene rings is 1. The molecule has 3 nitrogen and oxygen atoms in total. The predicted octanol–water partition coefficient (Wildman–Crippen LogP) is 4.00. The monoisotopic (exact) mass is 309 g/mol. The number of rotatable bonds is 6. The van der Waals surface area contributed by atoms with Gasteiger partial charge >= 0.3 is 0 Å². The zero-order chi connectivity index (χ0) is 15.1. The molecule has 1 amide bonds. The summed E-state index contributed by atoms with van der Waals surface area (Å²) in [6.45, 7) is 3.24. The van der Waals surface area contributed by atoms with E-state index in [-0.39, 0.29) is 11.3 Å². The van der Waals surface area contributed by atoms with Crippen LogP contribution in [0.5, 0.6) is 5.75 Å². The molecule has 1 aromatic carbocycles. The van der Waals surface area contributed by atoms with Gasteiger partial charge in [-0.05, 0) is 44.0 Å². The van der Waals surface area contributed by atoms with E-state index in [4.69, 9.17) is 16.3 Å². The van der Waals surface area contributed by atoms with Crippen LogP contribution in [0.2, 0.25) is 0 Å². The summed E-state index contributed by atoms with van der Waals surface area (Å²) >= 11 is 6.15. The fourth-order valence-electron chi connectivity index (χ4n) is 2.90. The summed E-state index contributed by atoms with van der Waals surface area (Å²) in [7, 11) is 0. The van der Waals surface area contributed by atoms with Crippen LogP contribution in [0, 0.1) is 5.41 Å². The third kappa shape index (κ3) is 4.37. The van der Waals surface area contributed by atoms with Gasteiger partial charge in [-0.15, -0.1) is 11.6 Å². The van der Waals surface area contributed by atoms with Gasteiger partial charge in [-0.1, -0.05) is 19.3 Å². The van der Waals surface area contributed by atoms with Crippen molar-refractivity contribution in [2.45, 2.75) is 39.0 Å². The normalized spacial score (nSPS) is 17.2. The first-order valence-corrected chi connectivity index (χ1v) is 8.29. The molecule has 0 heterocycles. The van der Waals surface area contributed by atoms with E-state index in [1.54, 1.807) is 12.1 Å². The van der Waals surface area contributed by atoms with E-state index in [1.807, 2.05) is 19.1 Å². The lowest BCUT2D eigenvalue weighted by Gasteiger charge is -2.35. The number of ether oxygens (including phenoxy) is 1. The van der Waals surface area contributed by atoms with Crippen LogP contribution in [-0.2, 0) is 0 Å². The third-order valence-electron chi connectivity index (χ3n) is 4.25. The molecule has 0 aromatic heterocycles. The number of halogens is 1. The minimum Gasteiger partial charge on any atom is -0.494 e. The Kier molecular flexibility index (Phi) is 5.92. The van der Waals surface area contributed by atoms with Crippen molar-refractivity contribution in [1.29, 1.82) is 0 Å². The molecule has 0 atom stereocenters. The minimum atomic E-state index is -0.0342. The van der Waals surface area contributed by atoms with Crippen LogP contribution >= 0.6 is 11.6 Å². The molecule has 1 aromatic rings. The summed E-state index contributed by atoms with van der Waals surface area (Å²) in [4.78, 5) is 12.2. The molecule has 116 valence electrons. The van der Waals surface area contributed by atoms with Crippen molar-refractivity contribution in [3.05, 3.63) is 29.8 Å². The first-order valence-electron chi connectivity index (χ1n) is 7.76. The van der Waals surface area contributed by atoms with Crippen molar-refractivity contribution >= 4 is 17.5 Å². The molecule has 0 aliphatic heterocycles. The Morgan fingerprint density at radius 2 is 1.90 bits per heavy atom. The largest absolute Gasteiger partial charge is 0.494 e. The van der Waals surface area contributed by atoms with E-state index in [0.717, 1.165) is 18.6 Å². The first kappa shape index (κ1) is 16.2. The molecular weight excluding hydrogens is 286 g/mol. The van der Waals surface area contributed by atoms with E-state index in [0.29, 0.717) is 24.6 Å². The Balaban J connectivity index is 1.91. The van der Waals surface area contributed by atoms with E-state index in [1.165, 1.54) is 19.3 Å². The van der Waals surface area contributed by atoms with Gasteiger partial charge in [0.05, 0.1) is 6.61 Å². The van der Waals surface area contributed by atoms with Crippen molar-refractivity contribution in [3.8, 4) is 5.75 Å². The number of hydrogen-bond donors (Lipinski definition) is 1. The highest BCUT2D eigenvalue weighted by atomic mass is 35.5. The van der Waals surface area contributed by atoms with Crippen molar-refractivity contribution in [1.82, 2.24) is 5.32 Å². The fourth-order valence-corrected chi connectivity index (χ4v) is 3.26. The standard InChI is InChI=1S/C17H24ClNO2/c1-2-21-15-8-6-14(7-9-15)16(20)19-13-17(12-18)10-4-3-5-11-17/h6-9H,2-5,10-13H2,1H3,(H,19,20). The van der Waals surface area contributed by atoms with Crippen LogP contribution in [0.3, 0.4) is 0 Å². The molecule has 0 radical (unpaired) electrons. The van der Waals surface area contributed by atoms with Crippen molar-refractivity contribution in [2.24, 2.45) is 5.41 Å². The number of carbonyl (C=O) groups excluding carboxylic acids is 1. The molecule has 1 fully saturated rings. The highest BCUT2D eigenvalue weighted by molar-refractivity contribution is 6.18. The van der Waals surface area contributed by atoms with Gasteiger partial charge in [0, 0.05) is 23.4 Å². The van der Waals surface area contributed by atoms with Gasteiger partial charge in [0.15, 0.2) is 0 Å². The lowest BCUT2D eigenvalue weighted by molar-refractivity contribution is 0.0921. The van der Waals surface area contributed by atoms with Gasteiger partial charge in [0.1, 0.15) is 5.75 Å². The Bertz CT molecular complexity index is 452. The van der Waals surface area contributed by atoms with Crippen molar-refractivity contribution < 1.29 is 9.53 Å². The SMILES string of the molecule is CCOc1ccc(C(=O)NCC2(CCl)CCCCC2)cc1. The van der Waals surface area contributed by atoms with Crippen LogP contribution in [0.1, 0.15) is 49.4 Å². The van der Waals surface area contributed by atoms with Gasteiger partial charge < -0.3 is 10.1 Å². The summed E-state index contributed by atoms with van der Waals surface area (Å²) in [5.41, 5.74) is 0.750. The number of amides is 1. The second kappa shape index (κ2) is 7.69. The summed E-state index contributed by atoms with van der Waals surface area (Å²) in [5.74, 6) is 1.38. The maximum absolute atomic E-state index is 12.2. The number of nitrogens with one attached hydrogen (secondary N) is 1. The lowest BCUT2D eigenvalue weighted by Crippen LogP contribution is -2.40. The molecule has 1 N–H and O–H groups in total. The third-order valence-corrected chi connectivity index (χ3v) is 4.82. The molecule has 4 heteroatoms. The highest BCUT2D eigenvalue weighted by Gasteiger charge is 2.31. The molecule has 0 unspecified atom stereocenters. The van der Waals surface area contributed by atoms with Gasteiger partial charge in [0.25, 0.3) is 5.91 Å². The number of hydrogen-bond acceptors (Lipinski definition) is 2. The average Bonchev–Trinajstić information content (AvgIpc) is 2.54. The predicted molar refractivity (Wildman–Crippen MR) is 86.2 cm³/mol. The highest BCUT2D eigenvalue weighted by Crippen LogP contribution is 2.36. The molecule has 1 aliphatic rings. The van der Waals surface area contributed by atoms with Gasteiger partial charge in [-0.2, -0.15) is 0 Å². The van der Waals surface area contributed by atoms with Crippen LogP contribution in [0.25, 0.3) is 0 Å². The second-order valence-electron chi connectivity index (χ2n) is 5.83. The quantitative estimate of drug-likeness (QED) is 0.806. The zero-order valence-electron chi connectivity index (χ0n) is 12.7. The van der Waals surface area contributed by atoms with Crippen LogP contribution in [-0.4, -0.2) is 24.9 Å². The van der Waals surface area contributed by atoms with Gasteiger partial charge in [-0.25, -0.2) is 0 Å². The van der Waals surface area contributed by atoms with Crippen LogP contribution in [0.15, 0.2) is 24.3 Å². The fraction of sp³-hybridized carbons (Fsp3) is 0.588. The topological polar surface area (TPSA) is 38.3 Å². The molecule has 0 saturated heterocycles. The lowest BCUT2D eigenvalue weighted by atomic mass is 9.75. The zero-order valence-corrected chi connectivity index (χ0v) is 13.4. The van der Waals surface area contributed by atoms with E-state index >= 15 is 0 Å². The van der Waals surface area contributed by atoms with Gasteiger partial charge in [-0.3, -0.25) is 4.79 Å². The van der Waals surface area contributed by atoms with Crippen molar-refractivity contribution in [2.75, 3.05) is 19.0 Å². The second-order valence-corrected chi connectivity index (χ2v) is 6.10. The molecule has 1 aliphatic carbocycles. The number of carbonyl (C=O) groups is 1. The molecule has 21 heavy (non-hydrogen) atoms. The van der Waals surface area contributed by atoms with Crippen molar-refractivity contribution in [3.63, 3.8) is 0 Å². The van der Waals surface area contributed by atoms with E-state index < -0.39 is 0 Å². The molecular formula is C17H24ClNO2. The Hall–Kier alpha value is -1.22. The molecule has 0 bridgehead atoms. The molecule has 1 saturated carbocycles. The van der Waals surface area contributed by atoms with Crippen LogP contribution < -0.4 is 10.1 Å². The molecule has 2 rings (SSSR count). The Morgan fingerprint density at radius 3 is 2.48 bits per heavy atom. The van der Waals surface area contributed by atoms with E-state index in [9.17, 15) is 4.79 Å². The summed E-state index contributed by atoms with van der Waals surface area (Å²) < 4.78 is 5.38. The molecule has 0 spiro atoms.